The smallest absolute Gasteiger partial charge is 0.0640 e. The first-order valence-corrected chi connectivity index (χ1v) is 6.33. The van der Waals surface area contributed by atoms with Gasteiger partial charge in [-0.05, 0) is 39.3 Å². The maximum absolute atomic E-state index is 5.52. The fourth-order valence-corrected chi connectivity index (χ4v) is 1.93. The molecule has 0 spiro atoms. The molecule has 2 nitrogen and oxygen atoms in total. The fourth-order valence-electron chi connectivity index (χ4n) is 1.93. The Morgan fingerprint density at radius 1 is 1.24 bits per heavy atom. The van der Waals surface area contributed by atoms with Crippen LogP contribution in [-0.4, -0.2) is 19.3 Å². The van der Waals surface area contributed by atoms with Crippen LogP contribution in [0.15, 0.2) is 24.3 Å². The maximum atomic E-state index is 5.52. The standard InChI is InChI=1S/C15H25NO/c1-6-16-14(11-15(3,4)17-5)13-9-7-12(2)8-10-13/h7-10,14,16H,6,11H2,1-5H3. The van der Waals surface area contributed by atoms with Crippen LogP contribution < -0.4 is 5.32 Å². The lowest BCUT2D eigenvalue weighted by Crippen LogP contribution is -2.32. The van der Waals surface area contributed by atoms with Crippen LogP contribution in [0, 0.1) is 6.92 Å². The van der Waals surface area contributed by atoms with Gasteiger partial charge in [-0.25, -0.2) is 0 Å². The lowest BCUT2D eigenvalue weighted by Gasteiger charge is -2.29. The van der Waals surface area contributed by atoms with Gasteiger partial charge in [0, 0.05) is 13.2 Å². The van der Waals surface area contributed by atoms with Crippen LogP contribution in [0.1, 0.15) is 44.4 Å². The van der Waals surface area contributed by atoms with Crippen molar-refractivity contribution in [1.29, 1.82) is 0 Å². The Hall–Kier alpha value is -0.860. The van der Waals surface area contributed by atoms with E-state index in [-0.39, 0.29) is 5.60 Å². The molecule has 0 aliphatic heterocycles. The third-order valence-corrected chi connectivity index (χ3v) is 3.18. The second-order valence-electron chi connectivity index (χ2n) is 5.19. The van der Waals surface area contributed by atoms with Crippen molar-refractivity contribution in [2.75, 3.05) is 13.7 Å². The van der Waals surface area contributed by atoms with Gasteiger partial charge in [-0.2, -0.15) is 0 Å². The zero-order chi connectivity index (χ0) is 12.9. The second kappa shape index (κ2) is 6.18. The van der Waals surface area contributed by atoms with Gasteiger partial charge in [0.05, 0.1) is 5.60 Å². The zero-order valence-electron chi connectivity index (χ0n) is 11.7. The zero-order valence-corrected chi connectivity index (χ0v) is 11.7. The molecule has 0 fully saturated rings. The molecule has 1 N–H and O–H groups in total. The van der Waals surface area contributed by atoms with E-state index in [4.69, 9.17) is 4.74 Å². The number of ether oxygens (including phenoxy) is 1. The van der Waals surface area contributed by atoms with Gasteiger partial charge in [0.2, 0.25) is 0 Å². The van der Waals surface area contributed by atoms with Crippen molar-refractivity contribution in [2.45, 2.75) is 45.8 Å². The van der Waals surface area contributed by atoms with Crippen molar-refractivity contribution in [3.63, 3.8) is 0 Å². The summed E-state index contributed by atoms with van der Waals surface area (Å²) >= 11 is 0. The quantitative estimate of drug-likeness (QED) is 0.815. The number of benzene rings is 1. The highest BCUT2D eigenvalue weighted by Crippen LogP contribution is 2.26. The molecule has 0 aliphatic carbocycles. The molecule has 0 saturated carbocycles. The van der Waals surface area contributed by atoms with Gasteiger partial charge >= 0.3 is 0 Å². The number of nitrogens with one attached hydrogen (secondary N) is 1. The average Bonchev–Trinajstić information content (AvgIpc) is 2.29. The molecule has 1 rings (SSSR count). The van der Waals surface area contributed by atoms with Gasteiger partial charge in [-0.15, -0.1) is 0 Å². The van der Waals surface area contributed by atoms with Crippen molar-refractivity contribution in [3.8, 4) is 0 Å². The van der Waals surface area contributed by atoms with E-state index in [0.717, 1.165) is 13.0 Å². The molecular weight excluding hydrogens is 210 g/mol. The second-order valence-corrected chi connectivity index (χ2v) is 5.19. The molecule has 1 atom stereocenters. The minimum atomic E-state index is -0.0995. The molecule has 0 bridgehead atoms. The molecule has 0 radical (unpaired) electrons. The van der Waals surface area contributed by atoms with Crippen LogP contribution >= 0.6 is 0 Å². The van der Waals surface area contributed by atoms with Crippen LogP contribution in [0.5, 0.6) is 0 Å². The van der Waals surface area contributed by atoms with Crippen LogP contribution in [0.25, 0.3) is 0 Å². The molecule has 0 heterocycles. The SMILES string of the molecule is CCNC(CC(C)(C)OC)c1ccc(C)cc1. The minimum absolute atomic E-state index is 0.0995. The first kappa shape index (κ1) is 14.2. The lowest BCUT2D eigenvalue weighted by atomic mass is 9.93. The van der Waals surface area contributed by atoms with Crippen molar-refractivity contribution in [1.82, 2.24) is 5.32 Å². The summed E-state index contributed by atoms with van der Waals surface area (Å²) in [5.74, 6) is 0. The van der Waals surface area contributed by atoms with Gasteiger partial charge in [-0.3, -0.25) is 0 Å². The van der Waals surface area contributed by atoms with Gasteiger partial charge in [0.25, 0.3) is 0 Å². The summed E-state index contributed by atoms with van der Waals surface area (Å²) in [5, 5.41) is 3.53. The number of rotatable bonds is 6. The van der Waals surface area contributed by atoms with E-state index in [0.29, 0.717) is 6.04 Å². The number of hydrogen-bond acceptors (Lipinski definition) is 2. The molecule has 1 aromatic rings. The predicted molar refractivity (Wildman–Crippen MR) is 73.3 cm³/mol. The molecule has 0 aromatic heterocycles. The monoisotopic (exact) mass is 235 g/mol. The Morgan fingerprint density at radius 2 is 1.82 bits per heavy atom. The van der Waals surface area contributed by atoms with Crippen molar-refractivity contribution in [3.05, 3.63) is 35.4 Å². The number of methoxy groups -OCH3 is 1. The highest BCUT2D eigenvalue weighted by molar-refractivity contribution is 5.24. The Morgan fingerprint density at radius 3 is 2.29 bits per heavy atom. The van der Waals surface area contributed by atoms with Gasteiger partial charge < -0.3 is 10.1 Å². The van der Waals surface area contributed by atoms with Crippen LogP contribution in [0.3, 0.4) is 0 Å². The summed E-state index contributed by atoms with van der Waals surface area (Å²) in [7, 11) is 1.78. The summed E-state index contributed by atoms with van der Waals surface area (Å²) in [6, 6.07) is 9.09. The molecule has 1 aromatic carbocycles. The molecule has 2 heteroatoms. The maximum Gasteiger partial charge on any atom is 0.0640 e. The van der Waals surface area contributed by atoms with E-state index >= 15 is 0 Å². The first-order chi connectivity index (χ1) is 7.98. The van der Waals surface area contributed by atoms with Gasteiger partial charge in [0.1, 0.15) is 0 Å². The van der Waals surface area contributed by atoms with Crippen molar-refractivity contribution >= 4 is 0 Å². The van der Waals surface area contributed by atoms with Crippen LogP contribution in [0.2, 0.25) is 0 Å². The lowest BCUT2D eigenvalue weighted by molar-refractivity contribution is 0.00697. The van der Waals surface area contributed by atoms with E-state index in [1.54, 1.807) is 7.11 Å². The number of aryl methyl sites for hydroxylation is 1. The van der Waals surface area contributed by atoms with E-state index in [1.165, 1.54) is 11.1 Å². The molecule has 96 valence electrons. The van der Waals surface area contributed by atoms with Crippen LogP contribution in [-0.2, 0) is 4.74 Å². The molecule has 0 saturated heterocycles. The summed E-state index contributed by atoms with van der Waals surface area (Å²) < 4.78 is 5.52. The largest absolute Gasteiger partial charge is 0.379 e. The van der Waals surface area contributed by atoms with Gasteiger partial charge in [0.15, 0.2) is 0 Å². The summed E-state index contributed by atoms with van der Waals surface area (Å²) in [6.07, 6.45) is 0.973. The molecule has 17 heavy (non-hydrogen) atoms. The van der Waals surface area contributed by atoms with E-state index in [1.807, 2.05) is 0 Å². The molecule has 0 aliphatic rings. The van der Waals surface area contributed by atoms with Gasteiger partial charge in [-0.1, -0.05) is 36.8 Å². The average molecular weight is 235 g/mol. The predicted octanol–water partition coefficient (Wildman–Crippen LogP) is 3.46. The Kier molecular flexibility index (Phi) is 5.16. The van der Waals surface area contributed by atoms with Crippen LogP contribution in [0.4, 0.5) is 0 Å². The Balaban J connectivity index is 2.81. The summed E-state index contributed by atoms with van der Waals surface area (Å²) in [6.45, 7) is 9.49. The van der Waals surface area contributed by atoms with E-state index in [2.05, 4.69) is 57.3 Å². The Bertz CT molecular complexity index is 329. The molecular formula is C15H25NO. The topological polar surface area (TPSA) is 21.3 Å². The fraction of sp³-hybridized carbons (Fsp3) is 0.600. The first-order valence-electron chi connectivity index (χ1n) is 6.33. The highest BCUT2D eigenvalue weighted by Gasteiger charge is 2.23. The normalized spacial score (nSPS) is 13.7. The third-order valence-electron chi connectivity index (χ3n) is 3.18. The van der Waals surface area contributed by atoms with E-state index in [9.17, 15) is 0 Å². The Labute approximate surface area is 105 Å². The van der Waals surface area contributed by atoms with E-state index < -0.39 is 0 Å². The molecule has 1 unspecified atom stereocenters. The molecule has 0 amide bonds. The van der Waals surface area contributed by atoms with Crippen molar-refractivity contribution < 1.29 is 4.74 Å². The highest BCUT2D eigenvalue weighted by atomic mass is 16.5. The minimum Gasteiger partial charge on any atom is -0.379 e. The third kappa shape index (κ3) is 4.49. The summed E-state index contributed by atoms with van der Waals surface area (Å²) in [5.41, 5.74) is 2.54. The number of hydrogen-bond donors (Lipinski definition) is 1. The van der Waals surface area contributed by atoms with Crippen molar-refractivity contribution in [2.24, 2.45) is 0 Å². The summed E-state index contributed by atoms with van der Waals surface area (Å²) in [4.78, 5) is 0.